The van der Waals surface area contributed by atoms with Crippen molar-refractivity contribution in [2.24, 2.45) is 0 Å². The fourth-order valence-electron chi connectivity index (χ4n) is 3.89. The Labute approximate surface area is 179 Å². The van der Waals surface area contributed by atoms with Gasteiger partial charge < -0.3 is 19.5 Å². The first kappa shape index (κ1) is 22.0. The van der Waals surface area contributed by atoms with Crippen LogP contribution in [-0.4, -0.2) is 25.7 Å². The van der Waals surface area contributed by atoms with Gasteiger partial charge in [0.15, 0.2) is 11.5 Å². The molecular formula is C25H33NO4. The first-order valence-electron chi connectivity index (χ1n) is 11.0. The third kappa shape index (κ3) is 6.15. The zero-order valence-electron chi connectivity index (χ0n) is 18.1. The van der Waals surface area contributed by atoms with Crippen LogP contribution in [0.3, 0.4) is 0 Å². The van der Waals surface area contributed by atoms with E-state index in [1.54, 1.807) is 7.11 Å². The molecule has 162 valence electrons. The molecule has 0 heterocycles. The van der Waals surface area contributed by atoms with Gasteiger partial charge in [0.2, 0.25) is 0 Å². The Kier molecular flexibility index (Phi) is 8.42. The van der Waals surface area contributed by atoms with Gasteiger partial charge in [-0.25, -0.2) is 0 Å². The second-order valence-electron chi connectivity index (χ2n) is 7.71. The molecule has 5 heteroatoms. The van der Waals surface area contributed by atoms with Crippen molar-refractivity contribution < 1.29 is 19.0 Å². The second-order valence-corrected chi connectivity index (χ2v) is 7.71. The van der Waals surface area contributed by atoms with Crippen LogP contribution in [0.15, 0.2) is 42.5 Å². The summed E-state index contributed by atoms with van der Waals surface area (Å²) < 4.78 is 17.1. The smallest absolute Gasteiger partial charge is 0.251 e. The molecule has 5 nitrogen and oxygen atoms in total. The van der Waals surface area contributed by atoms with E-state index in [-0.39, 0.29) is 11.9 Å². The highest BCUT2D eigenvalue weighted by atomic mass is 16.5. The number of nitrogens with one attached hydrogen (secondary N) is 1. The van der Waals surface area contributed by atoms with E-state index >= 15 is 0 Å². The molecule has 1 N–H and O–H groups in total. The van der Waals surface area contributed by atoms with E-state index in [0.717, 1.165) is 24.2 Å². The summed E-state index contributed by atoms with van der Waals surface area (Å²) in [5, 5.41) is 3.23. The number of hydrogen-bond acceptors (Lipinski definition) is 4. The van der Waals surface area contributed by atoms with Gasteiger partial charge >= 0.3 is 0 Å². The zero-order valence-corrected chi connectivity index (χ0v) is 18.1. The molecule has 1 fully saturated rings. The van der Waals surface area contributed by atoms with Gasteiger partial charge in [-0.05, 0) is 50.1 Å². The maximum Gasteiger partial charge on any atom is 0.251 e. The summed E-state index contributed by atoms with van der Waals surface area (Å²) in [4.78, 5) is 12.9. The van der Waals surface area contributed by atoms with Crippen molar-refractivity contribution in [1.29, 1.82) is 0 Å². The summed E-state index contributed by atoms with van der Waals surface area (Å²) >= 11 is 0. The molecule has 1 aliphatic carbocycles. The summed E-state index contributed by atoms with van der Waals surface area (Å²) in [5.74, 6) is 2.04. The number of amides is 1. The molecular weight excluding hydrogens is 378 g/mol. The number of methoxy groups -OCH3 is 1. The fraction of sp³-hybridized carbons (Fsp3) is 0.480. The van der Waals surface area contributed by atoms with Gasteiger partial charge in [-0.2, -0.15) is 0 Å². The van der Waals surface area contributed by atoms with Gasteiger partial charge in [0.25, 0.3) is 5.91 Å². The van der Waals surface area contributed by atoms with E-state index in [4.69, 9.17) is 14.2 Å². The lowest BCUT2D eigenvalue weighted by Crippen LogP contribution is -2.35. The third-order valence-electron chi connectivity index (χ3n) is 5.52. The average Bonchev–Trinajstić information content (AvgIpc) is 2.75. The highest BCUT2D eigenvalue weighted by Crippen LogP contribution is 2.29. The Hall–Kier alpha value is -2.69. The quantitative estimate of drug-likeness (QED) is 0.622. The minimum Gasteiger partial charge on any atom is -0.493 e. The molecule has 0 spiro atoms. The highest BCUT2D eigenvalue weighted by molar-refractivity contribution is 5.94. The van der Waals surface area contributed by atoms with Crippen LogP contribution < -0.4 is 19.5 Å². The first-order chi connectivity index (χ1) is 14.7. The van der Waals surface area contributed by atoms with Crippen LogP contribution >= 0.6 is 0 Å². The van der Waals surface area contributed by atoms with Crippen LogP contribution in [0.2, 0.25) is 0 Å². The third-order valence-corrected chi connectivity index (χ3v) is 5.52. The van der Waals surface area contributed by atoms with Crippen molar-refractivity contribution >= 4 is 5.91 Å². The number of para-hydroxylation sites is 2. The molecule has 0 saturated heterocycles. The van der Waals surface area contributed by atoms with Gasteiger partial charge in [-0.1, -0.05) is 44.2 Å². The van der Waals surface area contributed by atoms with Crippen LogP contribution in [0.5, 0.6) is 17.2 Å². The lowest BCUT2D eigenvalue weighted by atomic mass is 9.96. The lowest BCUT2D eigenvalue weighted by Gasteiger charge is -2.21. The van der Waals surface area contributed by atoms with E-state index in [1.807, 2.05) is 49.4 Å². The first-order valence-corrected chi connectivity index (χ1v) is 11.0. The largest absolute Gasteiger partial charge is 0.493 e. The van der Waals surface area contributed by atoms with Crippen LogP contribution in [0.25, 0.3) is 0 Å². The lowest BCUT2D eigenvalue weighted by molar-refractivity contribution is 0.0930. The van der Waals surface area contributed by atoms with Crippen molar-refractivity contribution in [3.8, 4) is 17.2 Å². The van der Waals surface area contributed by atoms with Crippen LogP contribution in [0, 0.1) is 0 Å². The number of carbonyl (C=O) groups excluding carboxylic acids is 1. The Bertz CT molecular complexity index is 813. The molecule has 0 radical (unpaired) electrons. The number of hydrogen-bond donors (Lipinski definition) is 1. The minimum absolute atomic E-state index is 0.0258. The van der Waals surface area contributed by atoms with Gasteiger partial charge in [0.05, 0.1) is 13.7 Å². The van der Waals surface area contributed by atoms with Crippen LogP contribution in [-0.2, 0) is 6.61 Å². The number of benzene rings is 2. The maximum absolute atomic E-state index is 12.9. The molecule has 0 unspecified atom stereocenters. The summed E-state index contributed by atoms with van der Waals surface area (Å²) in [6, 6.07) is 13.4. The predicted octanol–water partition coefficient (Wildman–Crippen LogP) is 5.52. The van der Waals surface area contributed by atoms with E-state index in [9.17, 15) is 4.79 Å². The molecule has 0 bridgehead atoms. The Morgan fingerprint density at radius 2 is 1.63 bits per heavy atom. The molecule has 0 aromatic heterocycles. The monoisotopic (exact) mass is 411 g/mol. The summed E-state index contributed by atoms with van der Waals surface area (Å²) in [7, 11) is 1.62. The van der Waals surface area contributed by atoms with Gasteiger partial charge in [0, 0.05) is 17.2 Å². The molecule has 1 aliphatic rings. The van der Waals surface area contributed by atoms with Crippen molar-refractivity contribution in [3.63, 3.8) is 0 Å². The van der Waals surface area contributed by atoms with Crippen LogP contribution in [0.1, 0.15) is 67.8 Å². The fourth-order valence-corrected chi connectivity index (χ4v) is 3.89. The molecule has 3 rings (SSSR count). The Morgan fingerprint density at radius 1 is 0.933 bits per heavy atom. The van der Waals surface area contributed by atoms with Crippen molar-refractivity contribution in [3.05, 3.63) is 53.6 Å². The molecule has 2 aromatic carbocycles. The summed E-state index contributed by atoms with van der Waals surface area (Å²) in [5.41, 5.74) is 1.48. The van der Waals surface area contributed by atoms with Crippen molar-refractivity contribution in [1.82, 2.24) is 5.32 Å². The number of ether oxygens (including phenoxy) is 3. The average molecular weight is 412 g/mol. The maximum atomic E-state index is 12.9. The van der Waals surface area contributed by atoms with E-state index in [1.165, 1.54) is 32.1 Å². The SMILES string of the molecule is CCOc1ccc(C(=O)NC2CCCCCCC2)cc1COc1ccccc1OC. The number of carbonyl (C=O) groups is 1. The zero-order chi connectivity index (χ0) is 21.2. The standard InChI is InChI=1S/C25H33NO4/c1-3-29-22-16-15-19(25(27)26-21-11-7-5-4-6-8-12-21)17-20(22)18-30-24-14-10-9-13-23(24)28-2/h9-10,13-17,21H,3-8,11-12,18H2,1-2H3,(H,26,27). The van der Waals surface area contributed by atoms with E-state index < -0.39 is 0 Å². The van der Waals surface area contributed by atoms with Gasteiger partial charge in [0.1, 0.15) is 12.4 Å². The van der Waals surface area contributed by atoms with E-state index in [0.29, 0.717) is 30.3 Å². The molecule has 2 aromatic rings. The van der Waals surface area contributed by atoms with Gasteiger partial charge in [-0.3, -0.25) is 4.79 Å². The molecule has 1 amide bonds. The summed E-state index contributed by atoms with van der Waals surface area (Å²) in [6.45, 7) is 2.79. The Morgan fingerprint density at radius 3 is 2.33 bits per heavy atom. The second kappa shape index (κ2) is 11.5. The Balaban J connectivity index is 1.72. The highest BCUT2D eigenvalue weighted by Gasteiger charge is 2.17. The molecule has 30 heavy (non-hydrogen) atoms. The van der Waals surface area contributed by atoms with Crippen LogP contribution in [0.4, 0.5) is 0 Å². The summed E-state index contributed by atoms with van der Waals surface area (Å²) in [6.07, 6.45) is 8.34. The van der Waals surface area contributed by atoms with Gasteiger partial charge in [-0.15, -0.1) is 0 Å². The van der Waals surface area contributed by atoms with Crippen molar-refractivity contribution in [2.45, 2.75) is 64.5 Å². The topological polar surface area (TPSA) is 56.8 Å². The van der Waals surface area contributed by atoms with E-state index in [2.05, 4.69) is 5.32 Å². The molecule has 0 atom stereocenters. The predicted molar refractivity (Wildman–Crippen MR) is 119 cm³/mol. The minimum atomic E-state index is -0.0258. The van der Waals surface area contributed by atoms with Crippen molar-refractivity contribution in [2.75, 3.05) is 13.7 Å². The molecule has 0 aliphatic heterocycles. The normalized spacial score (nSPS) is 15.0. The number of rotatable bonds is 8. The molecule has 1 saturated carbocycles.